The predicted molar refractivity (Wildman–Crippen MR) is 104 cm³/mol. The molecule has 5 atom stereocenters. The molecule has 3 nitrogen and oxygen atoms in total. The van der Waals surface area contributed by atoms with Crippen molar-refractivity contribution in [1.29, 1.82) is 0 Å². The molecule has 4 heteroatoms. The van der Waals surface area contributed by atoms with E-state index in [9.17, 15) is 14.7 Å². The van der Waals surface area contributed by atoms with Gasteiger partial charge in [-0.3, -0.25) is 4.79 Å². The number of aliphatic carboxylic acids is 1. The number of carbonyl (C=O) groups excluding carboxylic acids is 1. The third-order valence-electron chi connectivity index (χ3n) is 8.11. The van der Waals surface area contributed by atoms with Crippen molar-refractivity contribution in [2.45, 2.75) is 59.3 Å². The topological polar surface area (TPSA) is 54.4 Å². The molecule has 4 aliphatic carbocycles. The van der Waals surface area contributed by atoms with Crippen LogP contribution in [0.15, 0.2) is 34.9 Å². The Morgan fingerprint density at radius 3 is 2.58 bits per heavy atom. The van der Waals surface area contributed by atoms with Crippen molar-refractivity contribution in [3.05, 3.63) is 34.9 Å². The first-order valence-electron chi connectivity index (χ1n) is 9.65. The van der Waals surface area contributed by atoms with Crippen LogP contribution in [0.3, 0.4) is 0 Å². The van der Waals surface area contributed by atoms with E-state index in [1.807, 2.05) is 6.08 Å². The molecule has 0 unspecified atom stereocenters. The normalized spacial score (nSPS) is 42.8. The Bertz CT molecular complexity index is 746. The van der Waals surface area contributed by atoms with Crippen LogP contribution in [0.1, 0.15) is 59.3 Å². The fourth-order valence-electron chi connectivity index (χ4n) is 6.76. The van der Waals surface area contributed by atoms with Crippen molar-refractivity contribution in [1.82, 2.24) is 0 Å². The number of hydrogen-bond acceptors (Lipinski definition) is 2. The van der Waals surface area contributed by atoms with E-state index in [1.54, 1.807) is 13.0 Å². The Morgan fingerprint density at radius 1 is 1.15 bits per heavy atom. The number of fused-ring (bicyclic) bond motifs is 5. The van der Waals surface area contributed by atoms with Crippen LogP contribution in [0, 0.1) is 28.6 Å². The molecule has 26 heavy (non-hydrogen) atoms. The summed E-state index contributed by atoms with van der Waals surface area (Å²) in [5.74, 6) is 1.18. The van der Waals surface area contributed by atoms with Crippen molar-refractivity contribution in [2.24, 2.45) is 28.6 Å². The summed E-state index contributed by atoms with van der Waals surface area (Å²) in [7, 11) is 0. The van der Waals surface area contributed by atoms with Crippen LogP contribution in [0.4, 0.5) is 0 Å². The van der Waals surface area contributed by atoms with Gasteiger partial charge >= 0.3 is 5.97 Å². The second-order valence-corrected chi connectivity index (χ2v) is 9.01. The van der Waals surface area contributed by atoms with E-state index in [-0.39, 0.29) is 29.0 Å². The Morgan fingerprint density at radius 2 is 1.88 bits per heavy atom. The number of carboxylic acids is 1. The lowest BCUT2D eigenvalue weighted by Gasteiger charge is -2.56. The molecule has 0 aromatic rings. The second kappa shape index (κ2) is 6.37. The average molecular weight is 377 g/mol. The van der Waals surface area contributed by atoms with Gasteiger partial charge in [-0.15, -0.1) is 12.4 Å². The molecule has 0 saturated heterocycles. The van der Waals surface area contributed by atoms with Gasteiger partial charge in [-0.2, -0.15) is 0 Å². The number of ketones is 1. The summed E-state index contributed by atoms with van der Waals surface area (Å²) in [4.78, 5) is 23.4. The molecule has 0 radical (unpaired) electrons. The summed E-state index contributed by atoms with van der Waals surface area (Å²) in [6.07, 6.45) is 12.2. The molecule has 0 aromatic carbocycles. The zero-order valence-electron chi connectivity index (χ0n) is 15.9. The minimum absolute atomic E-state index is 0. The number of carbonyl (C=O) groups is 2. The van der Waals surface area contributed by atoms with Crippen molar-refractivity contribution in [2.75, 3.05) is 0 Å². The Labute approximate surface area is 162 Å². The summed E-state index contributed by atoms with van der Waals surface area (Å²) in [5, 5.41) is 9.49. The average Bonchev–Trinajstić information content (AvgIpc) is 2.92. The Kier molecular flexibility index (Phi) is 4.75. The molecule has 0 amide bonds. The summed E-state index contributed by atoms with van der Waals surface area (Å²) in [6.45, 7) is 6.42. The molecule has 0 aliphatic heterocycles. The van der Waals surface area contributed by atoms with Gasteiger partial charge in [0.05, 0.1) is 0 Å². The highest BCUT2D eigenvalue weighted by molar-refractivity contribution is 6.01. The van der Waals surface area contributed by atoms with Gasteiger partial charge in [-0.25, -0.2) is 4.79 Å². The van der Waals surface area contributed by atoms with E-state index in [0.29, 0.717) is 23.3 Å². The third-order valence-corrected chi connectivity index (χ3v) is 8.11. The van der Waals surface area contributed by atoms with Crippen molar-refractivity contribution in [3.8, 4) is 0 Å². The molecule has 3 saturated carbocycles. The lowest BCUT2D eigenvalue weighted by atomic mass is 9.48. The van der Waals surface area contributed by atoms with Gasteiger partial charge in [-0.1, -0.05) is 31.1 Å². The van der Waals surface area contributed by atoms with E-state index >= 15 is 0 Å². The highest BCUT2D eigenvalue weighted by atomic mass is 35.5. The van der Waals surface area contributed by atoms with Crippen molar-refractivity contribution in [3.63, 3.8) is 0 Å². The van der Waals surface area contributed by atoms with Crippen LogP contribution in [0.5, 0.6) is 0 Å². The molecule has 0 aromatic heterocycles. The Hall–Kier alpha value is -1.35. The second-order valence-electron chi connectivity index (χ2n) is 9.01. The van der Waals surface area contributed by atoms with E-state index in [2.05, 4.69) is 19.9 Å². The monoisotopic (exact) mass is 376 g/mol. The van der Waals surface area contributed by atoms with Gasteiger partial charge in [0, 0.05) is 11.0 Å². The number of allylic oxidation sites excluding steroid dienone is 5. The van der Waals surface area contributed by atoms with Gasteiger partial charge in [-0.05, 0) is 80.8 Å². The molecule has 0 spiro atoms. The maximum absolute atomic E-state index is 11.8. The fourth-order valence-corrected chi connectivity index (χ4v) is 6.76. The van der Waals surface area contributed by atoms with Gasteiger partial charge in [0.1, 0.15) is 0 Å². The molecule has 3 fully saturated rings. The number of hydrogen-bond donors (Lipinski definition) is 1. The first-order valence-corrected chi connectivity index (χ1v) is 9.65. The van der Waals surface area contributed by atoms with E-state index < -0.39 is 5.97 Å². The van der Waals surface area contributed by atoms with Crippen LogP contribution >= 0.6 is 12.4 Å². The van der Waals surface area contributed by atoms with Gasteiger partial charge in [0.25, 0.3) is 0 Å². The van der Waals surface area contributed by atoms with Crippen LogP contribution in [-0.2, 0) is 9.59 Å². The zero-order valence-corrected chi connectivity index (χ0v) is 16.7. The molecular formula is C22H29ClO3. The quantitative estimate of drug-likeness (QED) is 0.646. The van der Waals surface area contributed by atoms with E-state index in [4.69, 9.17) is 0 Å². The molecule has 1 N–H and O–H groups in total. The molecular weight excluding hydrogens is 348 g/mol. The minimum atomic E-state index is -0.756. The van der Waals surface area contributed by atoms with Crippen LogP contribution in [0.2, 0.25) is 0 Å². The molecule has 4 rings (SSSR count). The maximum Gasteiger partial charge on any atom is 0.331 e. The third kappa shape index (κ3) is 2.54. The predicted octanol–water partition coefficient (Wildman–Crippen LogP) is 5.12. The van der Waals surface area contributed by atoms with E-state index in [0.717, 1.165) is 38.5 Å². The van der Waals surface area contributed by atoms with Crippen LogP contribution in [-0.4, -0.2) is 16.9 Å². The lowest BCUT2D eigenvalue weighted by Crippen LogP contribution is -2.48. The van der Waals surface area contributed by atoms with Gasteiger partial charge in [0.15, 0.2) is 5.78 Å². The zero-order chi connectivity index (χ0) is 18.0. The van der Waals surface area contributed by atoms with Crippen molar-refractivity contribution >= 4 is 24.2 Å². The van der Waals surface area contributed by atoms with Crippen molar-refractivity contribution < 1.29 is 14.7 Å². The SMILES string of the molecule is CC(C(=O)O)=C1CC[C@H]2[C@@H]3CCC4=CC(=O)C=C[C@]4(C)[C@H]3CC[C@]12C.Cl. The first-order chi connectivity index (χ1) is 11.8. The molecule has 0 heterocycles. The standard InChI is InChI=1S/C22H28O3.ClH/c1-13(20(24)25)17-6-7-18-16-5-4-14-12-15(23)8-10-21(14,2)19(16)9-11-22(17,18)3;/h8,10,12,16,18-19H,4-7,9,11H2,1-3H3,(H,24,25);1H/t16-,18-,19-,21-,22+;/m0./s1. The summed E-state index contributed by atoms with van der Waals surface area (Å²) < 4.78 is 0. The largest absolute Gasteiger partial charge is 0.478 e. The van der Waals surface area contributed by atoms with E-state index in [1.165, 1.54) is 11.1 Å². The highest BCUT2D eigenvalue weighted by Crippen LogP contribution is 2.66. The van der Waals surface area contributed by atoms with Crippen LogP contribution < -0.4 is 0 Å². The fraction of sp³-hybridized carbons (Fsp3) is 0.636. The molecule has 142 valence electrons. The minimum Gasteiger partial charge on any atom is -0.478 e. The Balaban J connectivity index is 0.00000196. The van der Waals surface area contributed by atoms with Crippen LogP contribution in [0.25, 0.3) is 0 Å². The summed E-state index contributed by atoms with van der Waals surface area (Å²) in [5.41, 5.74) is 3.17. The molecule has 4 aliphatic rings. The molecule has 0 bridgehead atoms. The lowest BCUT2D eigenvalue weighted by molar-refractivity contribution is -0.132. The smallest absolute Gasteiger partial charge is 0.331 e. The summed E-state index contributed by atoms with van der Waals surface area (Å²) >= 11 is 0. The number of carboxylic acid groups (broad SMARTS) is 1. The van der Waals surface area contributed by atoms with Gasteiger partial charge in [0.2, 0.25) is 0 Å². The number of rotatable bonds is 1. The number of halogens is 1. The highest BCUT2D eigenvalue weighted by Gasteiger charge is 2.57. The first kappa shape index (κ1) is 19.4. The maximum atomic E-state index is 11.8. The van der Waals surface area contributed by atoms with Gasteiger partial charge < -0.3 is 5.11 Å². The summed E-state index contributed by atoms with van der Waals surface area (Å²) in [6, 6.07) is 0.